The van der Waals surface area contributed by atoms with E-state index in [1.165, 1.54) is 24.5 Å². The minimum absolute atomic E-state index is 0.102. The van der Waals surface area contributed by atoms with E-state index in [1.807, 2.05) is 0 Å². The normalized spacial score (nSPS) is 20.8. The molecule has 1 saturated heterocycles. The van der Waals surface area contributed by atoms with E-state index in [-0.39, 0.29) is 24.2 Å². The molecule has 2 aromatic rings. The average molecular weight is 309 g/mol. The van der Waals surface area contributed by atoms with Crippen LogP contribution in [-0.2, 0) is 4.74 Å². The lowest BCUT2D eigenvalue weighted by atomic mass is 9.99. The minimum Gasteiger partial charge on any atom is -0.397 e. The van der Waals surface area contributed by atoms with E-state index in [1.54, 1.807) is 6.07 Å². The van der Waals surface area contributed by atoms with Crippen LogP contribution in [0.3, 0.4) is 0 Å². The zero-order valence-electron chi connectivity index (χ0n) is 11.6. The monoisotopic (exact) mass is 309 g/mol. The van der Waals surface area contributed by atoms with Crippen LogP contribution < -0.4 is 5.73 Å². The van der Waals surface area contributed by atoms with Gasteiger partial charge in [0.2, 0.25) is 0 Å². The van der Waals surface area contributed by atoms with Crippen LogP contribution in [0.5, 0.6) is 0 Å². The molecule has 4 nitrogen and oxygen atoms in total. The first-order valence-corrected chi connectivity index (χ1v) is 6.82. The molecule has 1 aliphatic heterocycles. The van der Waals surface area contributed by atoms with Gasteiger partial charge in [-0.2, -0.15) is 0 Å². The number of hydrogen-bond donors (Lipinski definition) is 1. The van der Waals surface area contributed by atoms with Crippen LogP contribution in [0.4, 0.5) is 18.9 Å². The summed E-state index contributed by atoms with van der Waals surface area (Å²) in [4.78, 5) is 8.10. The summed E-state index contributed by atoms with van der Waals surface area (Å²) < 4.78 is 45.3. The molecule has 3 heterocycles. The highest BCUT2D eigenvalue weighted by molar-refractivity contribution is 5.75. The van der Waals surface area contributed by atoms with E-state index in [2.05, 4.69) is 9.97 Å². The SMILES string of the molecule is Nc1c(-c2ncccc2F)ccnc1C1CCC(F)(F)CO1. The molecule has 0 aliphatic carbocycles. The number of nitrogen functional groups attached to an aromatic ring is 1. The second kappa shape index (κ2) is 5.57. The van der Waals surface area contributed by atoms with Crippen LogP contribution in [-0.4, -0.2) is 22.5 Å². The smallest absolute Gasteiger partial charge is 0.271 e. The Morgan fingerprint density at radius 1 is 1.23 bits per heavy atom. The molecular formula is C15H14F3N3O. The molecule has 116 valence electrons. The van der Waals surface area contributed by atoms with Crippen molar-refractivity contribution in [1.29, 1.82) is 0 Å². The molecular weight excluding hydrogens is 295 g/mol. The first-order valence-electron chi connectivity index (χ1n) is 6.82. The predicted octanol–water partition coefficient (Wildman–Crippen LogP) is 3.35. The second-order valence-electron chi connectivity index (χ2n) is 5.19. The summed E-state index contributed by atoms with van der Waals surface area (Å²) in [5.41, 5.74) is 7.08. The van der Waals surface area contributed by atoms with Crippen LogP contribution in [0.25, 0.3) is 11.3 Å². The zero-order valence-corrected chi connectivity index (χ0v) is 11.6. The number of halogens is 3. The number of rotatable bonds is 2. The molecule has 1 unspecified atom stereocenters. The van der Waals surface area contributed by atoms with Crippen LogP contribution in [0.15, 0.2) is 30.6 Å². The van der Waals surface area contributed by atoms with Gasteiger partial charge in [0.1, 0.15) is 24.2 Å². The van der Waals surface area contributed by atoms with Gasteiger partial charge in [-0.3, -0.25) is 9.97 Å². The van der Waals surface area contributed by atoms with Crippen molar-refractivity contribution >= 4 is 5.69 Å². The van der Waals surface area contributed by atoms with Gasteiger partial charge in [-0.1, -0.05) is 0 Å². The molecule has 1 fully saturated rings. The average Bonchev–Trinajstić information content (AvgIpc) is 2.49. The number of hydrogen-bond acceptors (Lipinski definition) is 4. The fourth-order valence-electron chi connectivity index (χ4n) is 2.47. The maximum Gasteiger partial charge on any atom is 0.271 e. The Morgan fingerprint density at radius 2 is 2.05 bits per heavy atom. The molecule has 1 atom stereocenters. The third kappa shape index (κ3) is 2.76. The Hall–Kier alpha value is -2.15. The van der Waals surface area contributed by atoms with Gasteiger partial charge in [0.25, 0.3) is 5.92 Å². The summed E-state index contributed by atoms with van der Waals surface area (Å²) in [5, 5.41) is 0. The van der Waals surface area contributed by atoms with E-state index in [9.17, 15) is 13.2 Å². The van der Waals surface area contributed by atoms with Crippen molar-refractivity contribution in [2.75, 3.05) is 12.3 Å². The molecule has 0 aromatic carbocycles. The lowest BCUT2D eigenvalue weighted by Crippen LogP contribution is -2.31. The summed E-state index contributed by atoms with van der Waals surface area (Å²) in [6.07, 6.45) is 2.10. The van der Waals surface area contributed by atoms with Crippen molar-refractivity contribution in [3.05, 3.63) is 42.1 Å². The summed E-state index contributed by atoms with van der Waals surface area (Å²) >= 11 is 0. The molecule has 2 N–H and O–H groups in total. The Morgan fingerprint density at radius 3 is 2.73 bits per heavy atom. The van der Waals surface area contributed by atoms with Crippen molar-refractivity contribution in [1.82, 2.24) is 9.97 Å². The topological polar surface area (TPSA) is 61.0 Å². The van der Waals surface area contributed by atoms with E-state index in [0.29, 0.717) is 11.3 Å². The third-order valence-corrected chi connectivity index (χ3v) is 3.61. The van der Waals surface area contributed by atoms with Crippen molar-refractivity contribution in [2.24, 2.45) is 0 Å². The van der Waals surface area contributed by atoms with Gasteiger partial charge in [0.05, 0.1) is 11.4 Å². The van der Waals surface area contributed by atoms with Gasteiger partial charge in [-0.15, -0.1) is 0 Å². The highest BCUT2D eigenvalue weighted by atomic mass is 19.3. The van der Waals surface area contributed by atoms with E-state index in [4.69, 9.17) is 10.5 Å². The molecule has 22 heavy (non-hydrogen) atoms. The number of pyridine rings is 2. The van der Waals surface area contributed by atoms with Crippen LogP contribution in [0.1, 0.15) is 24.6 Å². The first-order chi connectivity index (χ1) is 10.5. The Bertz CT molecular complexity index is 683. The summed E-state index contributed by atoms with van der Waals surface area (Å²) in [7, 11) is 0. The fraction of sp³-hybridized carbons (Fsp3) is 0.333. The Balaban J connectivity index is 1.95. The number of anilines is 1. The predicted molar refractivity (Wildman–Crippen MR) is 74.7 cm³/mol. The molecule has 0 bridgehead atoms. The summed E-state index contributed by atoms with van der Waals surface area (Å²) in [6.45, 7) is -0.666. The zero-order chi connectivity index (χ0) is 15.7. The first kappa shape index (κ1) is 14.8. The van der Waals surface area contributed by atoms with Crippen molar-refractivity contribution < 1.29 is 17.9 Å². The van der Waals surface area contributed by atoms with Gasteiger partial charge in [0, 0.05) is 24.4 Å². The number of ether oxygens (including phenoxy) is 1. The third-order valence-electron chi connectivity index (χ3n) is 3.61. The lowest BCUT2D eigenvalue weighted by Gasteiger charge is -2.29. The van der Waals surface area contributed by atoms with Gasteiger partial charge >= 0.3 is 0 Å². The summed E-state index contributed by atoms with van der Waals surface area (Å²) in [5.74, 6) is -3.34. The molecule has 0 radical (unpaired) electrons. The van der Waals surface area contributed by atoms with Gasteiger partial charge in [0.15, 0.2) is 0 Å². The largest absolute Gasteiger partial charge is 0.397 e. The number of alkyl halides is 2. The molecule has 7 heteroatoms. The van der Waals surface area contributed by atoms with Crippen molar-refractivity contribution in [3.63, 3.8) is 0 Å². The van der Waals surface area contributed by atoms with E-state index in [0.717, 1.165) is 0 Å². The lowest BCUT2D eigenvalue weighted by molar-refractivity contribution is -0.146. The highest BCUT2D eigenvalue weighted by Crippen LogP contribution is 2.39. The Kier molecular flexibility index (Phi) is 3.74. The number of aromatic nitrogens is 2. The van der Waals surface area contributed by atoms with Crippen molar-refractivity contribution in [2.45, 2.75) is 24.9 Å². The van der Waals surface area contributed by atoms with Crippen LogP contribution in [0, 0.1) is 5.82 Å². The molecule has 0 saturated carbocycles. The maximum absolute atomic E-state index is 13.9. The van der Waals surface area contributed by atoms with E-state index < -0.39 is 24.5 Å². The second-order valence-corrected chi connectivity index (χ2v) is 5.19. The quantitative estimate of drug-likeness (QED) is 0.924. The molecule has 2 aromatic heterocycles. The van der Waals surface area contributed by atoms with Gasteiger partial charge < -0.3 is 10.5 Å². The fourth-order valence-corrected chi connectivity index (χ4v) is 2.47. The van der Waals surface area contributed by atoms with Gasteiger partial charge in [-0.05, 0) is 24.6 Å². The summed E-state index contributed by atoms with van der Waals surface area (Å²) in [6, 6.07) is 4.30. The van der Waals surface area contributed by atoms with E-state index >= 15 is 0 Å². The number of nitrogens with two attached hydrogens (primary N) is 1. The number of nitrogens with zero attached hydrogens (tertiary/aromatic N) is 2. The minimum atomic E-state index is -2.82. The molecule has 1 aliphatic rings. The van der Waals surface area contributed by atoms with Crippen molar-refractivity contribution in [3.8, 4) is 11.3 Å². The molecule has 0 spiro atoms. The van der Waals surface area contributed by atoms with Crippen LogP contribution >= 0.6 is 0 Å². The Labute approximate surface area is 125 Å². The van der Waals surface area contributed by atoms with Crippen LogP contribution in [0.2, 0.25) is 0 Å². The highest BCUT2D eigenvalue weighted by Gasteiger charge is 2.37. The molecule has 3 rings (SSSR count). The van der Waals surface area contributed by atoms with Gasteiger partial charge in [-0.25, -0.2) is 13.2 Å². The molecule has 0 amide bonds. The maximum atomic E-state index is 13.9. The standard InChI is InChI=1S/C15H14F3N3O/c16-10-2-1-6-20-13(10)9-4-7-21-14(12(9)19)11-3-5-15(17,18)8-22-11/h1-2,4,6-7,11H,3,5,8,19H2.